The number of aromatic amines is 1. The van der Waals surface area contributed by atoms with Gasteiger partial charge in [-0.15, -0.1) is 0 Å². The maximum absolute atomic E-state index is 11.1. The van der Waals surface area contributed by atoms with E-state index in [9.17, 15) is 4.79 Å². The van der Waals surface area contributed by atoms with Gasteiger partial charge in [0, 0.05) is 31.4 Å². The topological polar surface area (TPSA) is 69.8 Å². The molecule has 15 heavy (non-hydrogen) atoms. The van der Waals surface area contributed by atoms with Crippen LogP contribution in [0.3, 0.4) is 0 Å². The number of carbonyl (C=O) groups is 1. The number of aryl methyl sites for hydroxylation is 1. The number of imidazole rings is 1. The Morgan fingerprint density at radius 2 is 2.20 bits per heavy atom. The second-order valence-electron chi connectivity index (χ2n) is 3.43. The fourth-order valence-electron chi connectivity index (χ4n) is 1.21. The summed E-state index contributed by atoms with van der Waals surface area (Å²) in [7, 11) is 0. The second kappa shape index (κ2) is 6.06. The predicted octanol–water partition coefficient (Wildman–Crippen LogP) is 0.970. The highest BCUT2D eigenvalue weighted by Gasteiger charge is 1.99. The van der Waals surface area contributed by atoms with Gasteiger partial charge < -0.3 is 15.6 Å². The first-order valence-electron chi connectivity index (χ1n) is 5.24. The van der Waals surface area contributed by atoms with E-state index in [-0.39, 0.29) is 6.03 Å². The van der Waals surface area contributed by atoms with Gasteiger partial charge in [0.2, 0.25) is 0 Å². The van der Waals surface area contributed by atoms with Gasteiger partial charge in [0.05, 0.1) is 0 Å². The Kier molecular flexibility index (Phi) is 4.66. The van der Waals surface area contributed by atoms with Gasteiger partial charge in [0.1, 0.15) is 5.82 Å². The van der Waals surface area contributed by atoms with E-state index < -0.39 is 0 Å². The van der Waals surface area contributed by atoms with E-state index in [1.165, 1.54) is 0 Å². The van der Waals surface area contributed by atoms with Crippen LogP contribution >= 0.6 is 0 Å². The Bertz CT molecular complexity index is 308. The van der Waals surface area contributed by atoms with Crippen molar-refractivity contribution in [1.82, 2.24) is 20.6 Å². The fraction of sp³-hybridized carbons (Fsp3) is 0.600. The van der Waals surface area contributed by atoms with Gasteiger partial charge in [0.15, 0.2) is 0 Å². The third-order valence-electron chi connectivity index (χ3n) is 1.97. The molecule has 84 valence electrons. The molecular weight excluding hydrogens is 192 g/mol. The quantitative estimate of drug-likeness (QED) is 0.677. The molecule has 0 saturated carbocycles. The Morgan fingerprint density at radius 3 is 2.80 bits per heavy atom. The first-order chi connectivity index (χ1) is 7.22. The van der Waals surface area contributed by atoms with Crippen molar-refractivity contribution in [2.45, 2.75) is 26.7 Å². The van der Waals surface area contributed by atoms with Crippen molar-refractivity contribution in [2.24, 2.45) is 0 Å². The lowest BCUT2D eigenvalue weighted by molar-refractivity contribution is 0.241. The van der Waals surface area contributed by atoms with Crippen LogP contribution in [0, 0.1) is 6.92 Å². The van der Waals surface area contributed by atoms with Crippen molar-refractivity contribution in [3.05, 3.63) is 17.7 Å². The molecule has 1 aromatic heterocycles. The Balaban J connectivity index is 2.13. The second-order valence-corrected chi connectivity index (χ2v) is 3.43. The lowest BCUT2D eigenvalue weighted by Crippen LogP contribution is -2.36. The number of nitrogens with zero attached hydrogens (tertiary/aromatic N) is 1. The number of urea groups is 1. The van der Waals surface area contributed by atoms with Gasteiger partial charge in [-0.05, 0) is 13.3 Å². The summed E-state index contributed by atoms with van der Waals surface area (Å²) in [6.07, 6.45) is 3.52. The maximum atomic E-state index is 11.1. The number of hydrogen-bond acceptors (Lipinski definition) is 2. The molecule has 5 heteroatoms. The molecule has 0 aliphatic carbocycles. The zero-order valence-corrected chi connectivity index (χ0v) is 9.26. The van der Waals surface area contributed by atoms with Gasteiger partial charge in [-0.3, -0.25) is 0 Å². The minimum Gasteiger partial charge on any atom is -0.346 e. The summed E-state index contributed by atoms with van der Waals surface area (Å²) in [5.41, 5.74) is 1.04. The molecule has 0 spiro atoms. The van der Waals surface area contributed by atoms with Crippen LogP contribution in [-0.2, 0) is 6.42 Å². The molecule has 5 nitrogen and oxygen atoms in total. The molecule has 1 rings (SSSR count). The minimum atomic E-state index is -0.104. The van der Waals surface area contributed by atoms with E-state index in [2.05, 4.69) is 20.6 Å². The molecule has 0 aliphatic rings. The standard InChI is InChI=1S/C10H18N4O/c1-3-5-11-10(15)12-6-4-9-7-13-8(2)14-9/h7H,3-6H2,1-2H3,(H,13,14)(H2,11,12,15). The van der Waals surface area contributed by atoms with Crippen molar-refractivity contribution in [1.29, 1.82) is 0 Å². The summed E-state index contributed by atoms with van der Waals surface area (Å²) in [6.45, 7) is 5.27. The summed E-state index contributed by atoms with van der Waals surface area (Å²) in [5, 5.41) is 5.53. The zero-order chi connectivity index (χ0) is 11.1. The van der Waals surface area contributed by atoms with Gasteiger partial charge in [-0.1, -0.05) is 6.92 Å². The molecule has 0 atom stereocenters. The molecule has 2 amide bonds. The highest BCUT2D eigenvalue weighted by molar-refractivity contribution is 5.73. The van der Waals surface area contributed by atoms with E-state index >= 15 is 0 Å². The smallest absolute Gasteiger partial charge is 0.314 e. The van der Waals surface area contributed by atoms with Crippen LogP contribution in [0.2, 0.25) is 0 Å². The number of carbonyl (C=O) groups excluding carboxylic acids is 1. The Morgan fingerprint density at radius 1 is 1.47 bits per heavy atom. The number of amides is 2. The predicted molar refractivity (Wildman–Crippen MR) is 58.7 cm³/mol. The lowest BCUT2D eigenvalue weighted by Gasteiger charge is -2.05. The summed E-state index contributed by atoms with van der Waals surface area (Å²) in [5.74, 6) is 0.903. The highest BCUT2D eigenvalue weighted by atomic mass is 16.2. The molecule has 0 aliphatic heterocycles. The third kappa shape index (κ3) is 4.49. The van der Waals surface area contributed by atoms with Crippen molar-refractivity contribution in [2.75, 3.05) is 13.1 Å². The SMILES string of the molecule is CCCNC(=O)NCCc1cnc(C)[nH]1. The van der Waals surface area contributed by atoms with E-state index in [0.717, 1.165) is 30.9 Å². The van der Waals surface area contributed by atoms with Gasteiger partial charge in [-0.25, -0.2) is 9.78 Å². The summed E-state index contributed by atoms with van der Waals surface area (Å²) in [4.78, 5) is 18.3. The Hall–Kier alpha value is -1.52. The average molecular weight is 210 g/mol. The van der Waals surface area contributed by atoms with Crippen LogP contribution in [0.1, 0.15) is 24.9 Å². The monoisotopic (exact) mass is 210 g/mol. The molecule has 1 aromatic rings. The molecule has 0 fully saturated rings. The van der Waals surface area contributed by atoms with Crippen LogP contribution in [0.25, 0.3) is 0 Å². The molecular formula is C10H18N4O. The van der Waals surface area contributed by atoms with Gasteiger partial charge >= 0.3 is 6.03 Å². The Labute approximate surface area is 89.7 Å². The van der Waals surface area contributed by atoms with E-state index in [4.69, 9.17) is 0 Å². The average Bonchev–Trinajstić information content (AvgIpc) is 2.61. The number of H-pyrrole nitrogens is 1. The normalized spacial score (nSPS) is 10.0. The van der Waals surface area contributed by atoms with E-state index in [0.29, 0.717) is 6.54 Å². The van der Waals surface area contributed by atoms with Crippen molar-refractivity contribution >= 4 is 6.03 Å². The molecule has 0 bridgehead atoms. The van der Waals surface area contributed by atoms with Crippen LogP contribution in [-0.4, -0.2) is 29.1 Å². The summed E-state index contributed by atoms with van der Waals surface area (Å²) >= 11 is 0. The largest absolute Gasteiger partial charge is 0.346 e. The highest BCUT2D eigenvalue weighted by Crippen LogP contribution is 1.95. The van der Waals surface area contributed by atoms with Crippen LogP contribution in [0.4, 0.5) is 4.79 Å². The third-order valence-corrected chi connectivity index (χ3v) is 1.97. The number of aromatic nitrogens is 2. The molecule has 1 heterocycles. The summed E-state index contributed by atoms with van der Waals surface area (Å²) in [6, 6.07) is -0.104. The number of nitrogens with one attached hydrogen (secondary N) is 3. The zero-order valence-electron chi connectivity index (χ0n) is 9.26. The molecule has 0 unspecified atom stereocenters. The van der Waals surface area contributed by atoms with E-state index in [1.807, 2.05) is 13.8 Å². The van der Waals surface area contributed by atoms with Gasteiger partial charge in [-0.2, -0.15) is 0 Å². The number of rotatable bonds is 5. The van der Waals surface area contributed by atoms with E-state index in [1.54, 1.807) is 6.20 Å². The first kappa shape index (κ1) is 11.6. The number of hydrogen-bond donors (Lipinski definition) is 3. The molecule has 0 saturated heterocycles. The van der Waals surface area contributed by atoms with Crippen LogP contribution < -0.4 is 10.6 Å². The first-order valence-corrected chi connectivity index (χ1v) is 5.24. The van der Waals surface area contributed by atoms with Crippen LogP contribution in [0.15, 0.2) is 6.20 Å². The minimum absolute atomic E-state index is 0.104. The summed E-state index contributed by atoms with van der Waals surface area (Å²) < 4.78 is 0. The van der Waals surface area contributed by atoms with Gasteiger partial charge in [0.25, 0.3) is 0 Å². The fourth-order valence-corrected chi connectivity index (χ4v) is 1.21. The van der Waals surface area contributed by atoms with Crippen molar-refractivity contribution in [3.63, 3.8) is 0 Å². The van der Waals surface area contributed by atoms with Crippen LogP contribution in [0.5, 0.6) is 0 Å². The lowest BCUT2D eigenvalue weighted by atomic mass is 10.3. The molecule has 0 radical (unpaired) electrons. The van der Waals surface area contributed by atoms with Crippen molar-refractivity contribution in [3.8, 4) is 0 Å². The van der Waals surface area contributed by atoms with Crippen molar-refractivity contribution < 1.29 is 4.79 Å². The molecule has 0 aromatic carbocycles. The molecule has 3 N–H and O–H groups in total. The maximum Gasteiger partial charge on any atom is 0.314 e.